The van der Waals surface area contributed by atoms with Crippen molar-refractivity contribution in [3.05, 3.63) is 108 Å². The zero-order valence-corrected chi connectivity index (χ0v) is 16.6. The first-order valence-electron chi connectivity index (χ1n) is 10.00. The van der Waals surface area contributed by atoms with Gasteiger partial charge in [0.2, 0.25) is 0 Å². The molecule has 1 saturated heterocycles. The number of rotatable bonds is 6. The summed E-state index contributed by atoms with van der Waals surface area (Å²) in [6, 6.07) is 31.2. The van der Waals surface area contributed by atoms with Gasteiger partial charge in [0, 0.05) is 20.1 Å². The maximum absolute atomic E-state index is 12.5. The molecule has 0 atom stereocenters. The topological polar surface area (TPSA) is 32.8 Å². The molecule has 3 aromatic rings. The zero-order chi connectivity index (χ0) is 20.1. The molecule has 4 rings (SSSR count). The number of likely N-dealkylation sites (N-methyl/N-ethyl adjacent to an activating group) is 1. The quantitative estimate of drug-likeness (QED) is 0.614. The molecule has 0 unspecified atom stereocenters. The Morgan fingerprint density at radius 1 is 0.897 bits per heavy atom. The number of benzene rings is 3. The third-order valence-electron chi connectivity index (χ3n) is 5.53. The molecule has 0 N–H and O–H groups in total. The van der Waals surface area contributed by atoms with Crippen molar-refractivity contribution in [2.75, 3.05) is 20.1 Å². The molecule has 0 aromatic heterocycles. The maximum Gasteiger partial charge on any atom is 0.410 e. The van der Waals surface area contributed by atoms with Crippen LogP contribution in [0.3, 0.4) is 0 Å². The monoisotopic (exact) mass is 386 g/mol. The highest BCUT2D eigenvalue weighted by Crippen LogP contribution is 2.33. The molecule has 0 saturated carbocycles. The summed E-state index contributed by atoms with van der Waals surface area (Å²) in [5.74, 6) is 0. The Labute approximate surface area is 172 Å². The van der Waals surface area contributed by atoms with Gasteiger partial charge in [-0.2, -0.15) is 0 Å². The molecule has 1 fully saturated rings. The third kappa shape index (κ3) is 4.49. The fourth-order valence-electron chi connectivity index (χ4n) is 3.80. The molecule has 29 heavy (non-hydrogen) atoms. The Hall–Kier alpha value is -3.11. The fraction of sp³-hybridized carbons (Fsp3) is 0.240. The predicted molar refractivity (Wildman–Crippen MR) is 114 cm³/mol. The van der Waals surface area contributed by atoms with Gasteiger partial charge >= 0.3 is 6.09 Å². The van der Waals surface area contributed by atoms with Crippen LogP contribution in [0.5, 0.6) is 0 Å². The summed E-state index contributed by atoms with van der Waals surface area (Å²) in [4.78, 5) is 16.6. The standard InChI is InChI=1S/C25H26N2O2/c1-26(25(28)29-19-20-11-5-2-6-12-20)23-17-27(18-23)24(21-13-7-3-8-14-21)22-15-9-4-10-16-22/h2-16,23-24H,17-19H2,1H3. The fourth-order valence-corrected chi connectivity index (χ4v) is 3.80. The Morgan fingerprint density at radius 3 is 1.90 bits per heavy atom. The first-order valence-corrected chi connectivity index (χ1v) is 10.00. The molecule has 4 nitrogen and oxygen atoms in total. The number of hydrogen-bond acceptors (Lipinski definition) is 3. The van der Waals surface area contributed by atoms with Crippen LogP contribution in [-0.4, -0.2) is 42.1 Å². The summed E-state index contributed by atoms with van der Waals surface area (Å²) in [6.45, 7) is 1.95. The van der Waals surface area contributed by atoms with Gasteiger partial charge in [-0.25, -0.2) is 4.79 Å². The average molecular weight is 386 g/mol. The third-order valence-corrected chi connectivity index (χ3v) is 5.53. The van der Waals surface area contributed by atoms with Gasteiger partial charge in [-0.05, 0) is 16.7 Å². The lowest BCUT2D eigenvalue weighted by atomic mass is 9.93. The van der Waals surface area contributed by atoms with Crippen LogP contribution in [-0.2, 0) is 11.3 Å². The molecular weight excluding hydrogens is 360 g/mol. The van der Waals surface area contributed by atoms with E-state index in [-0.39, 0.29) is 18.2 Å². The van der Waals surface area contributed by atoms with Gasteiger partial charge in [0.25, 0.3) is 0 Å². The number of likely N-dealkylation sites (tertiary alicyclic amines) is 1. The molecule has 0 spiro atoms. The van der Waals surface area contributed by atoms with Gasteiger partial charge in [0.1, 0.15) is 6.61 Å². The number of carbonyl (C=O) groups is 1. The van der Waals surface area contributed by atoms with Gasteiger partial charge in [-0.3, -0.25) is 4.90 Å². The highest BCUT2D eigenvalue weighted by molar-refractivity contribution is 5.68. The first-order chi connectivity index (χ1) is 14.2. The van der Waals surface area contributed by atoms with E-state index in [0.29, 0.717) is 6.61 Å². The maximum atomic E-state index is 12.5. The first kappa shape index (κ1) is 19.2. The van der Waals surface area contributed by atoms with Crippen molar-refractivity contribution in [2.24, 2.45) is 0 Å². The summed E-state index contributed by atoms with van der Waals surface area (Å²) in [6.07, 6.45) is -0.269. The molecule has 1 aliphatic heterocycles. The second-order valence-electron chi connectivity index (χ2n) is 7.48. The second-order valence-corrected chi connectivity index (χ2v) is 7.48. The van der Waals surface area contributed by atoms with E-state index in [9.17, 15) is 4.79 Å². The molecule has 3 aromatic carbocycles. The van der Waals surface area contributed by atoms with Crippen LogP contribution in [0.15, 0.2) is 91.0 Å². The number of carbonyl (C=O) groups excluding carboxylic acids is 1. The lowest BCUT2D eigenvalue weighted by Gasteiger charge is -2.47. The minimum absolute atomic E-state index is 0.160. The van der Waals surface area contributed by atoms with E-state index in [1.807, 2.05) is 49.5 Å². The predicted octanol–water partition coefficient (Wildman–Crippen LogP) is 4.73. The minimum atomic E-state index is -0.269. The Bertz CT molecular complexity index is 870. The van der Waals surface area contributed by atoms with Crippen LogP contribution in [0.1, 0.15) is 22.7 Å². The number of hydrogen-bond donors (Lipinski definition) is 0. The molecule has 1 heterocycles. The summed E-state index contributed by atoms with van der Waals surface area (Å²) in [7, 11) is 1.83. The highest BCUT2D eigenvalue weighted by Gasteiger charge is 2.38. The van der Waals surface area contributed by atoms with Crippen molar-refractivity contribution >= 4 is 6.09 Å². The van der Waals surface area contributed by atoms with Crippen molar-refractivity contribution in [3.8, 4) is 0 Å². The number of amides is 1. The van der Waals surface area contributed by atoms with E-state index >= 15 is 0 Å². The summed E-state index contributed by atoms with van der Waals surface area (Å²) in [5, 5.41) is 0. The van der Waals surface area contributed by atoms with Crippen LogP contribution in [0.2, 0.25) is 0 Å². The molecule has 1 aliphatic rings. The molecule has 0 bridgehead atoms. The van der Waals surface area contributed by atoms with E-state index in [0.717, 1.165) is 18.7 Å². The molecule has 4 heteroatoms. The van der Waals surface area contributed by atoms with Gasteiger partial charge in [0.15, 0.2) is 0 Å². The van der Waals surface area contributed by atoms with E-state index in [4.69, 9.17) is 4.74 Å². The minimum Gasteiger partial charge on any atom is -0.445 e. The van der Waals surface area contributed by atoms with E-state index in [1.165, 1.54) is 11.1 Å². The van der Waals surface area contributed by atoms with Crippen molar-refractivity contribution in [3.63, 3.8) is 0 Å². The van der Waals surface area contributed by atoms with E-state index in [2.05, 4.69) is 53.4 Å². The highest BCUT2D eigenvalue weighted by atomic mass is 16.6. The SMILES string of the molecule is CN(C(=O)OCc1ccccc1)C1CN(C(c2ccccc2)c2ccccc2)C1. The van der Waals surface area contributed by atoms with Crippen LogP contribution in [0, 0.1) is 0 Å². The van der Waals surface area contributed by atoms with Crippen LogP contribution in [0.4, 0.5) is 4.79 Å². The van der Waals surface area contributed by atoms with Gasteiger partial charge in [-0.1, -0.05) is 91.0 Å². The lowest BCUT2D eigenvalue weighted by molar-refractivity contribution is 0.0174. The molecule has 148 valence electrons. The Kier molecular flexibility index (Phi) is 5.92. The zero-order valence-electron chi connectivity index (χ0n) is 16.6. The lowest BCUT2D eigenvalue weighted by Crippen LogP contribution is -2.60. The van der Waals surface area contributed by atoms with Crippen molar-refractivity contribution in [2.45, 2.75) is 18.7 Å². The van der Waals surface area contributed by atoms with E-state index in [1.54, 1.807) is 4.90 Å². The number of nitrogens with zero attached hydrogens (tertiary/aromatic N) is 2. The average Bonchev–Trinajstić information content (AvgIpc) is 2.75. The molecule has 1 amide bonds. The van der Waals surface area contributed by atoms with Crippen LogP contribution >= 0.6 is 0 Å². The van der Waals surface area contributed by atoms with Crippen molar-refractivity contribution in [1.82, 2.24) is 9.80 Å². The van der Waals surface area contributed by atoms with Crippen molar-refractivity contribution in [1.29, 1.82) is 0 Å². The van der Waals surface area contributed by atoms with Crippen LogP contribution < -0.4 is 0 Å². The van der Waals surface area contributed by atoms with Gasteiger partial charge < -0.3 is 9.64 Å². The van der Waals surface area contributed by atoms with Crippen LogP contribution in [0.25, 0.3) is 0 Å². The number of ether oxygens (including phenoxy) is 1. The molecular formula is C25H26N2O2. The molecule has 0 radical (unpaired) electrons. The second kappa shape index (κ2) is 8.93. The van der Waals surface area contributed by atoms with Crippen molar-refractivity contribution < 1.29 is 9.53 Å². The normalized spacial score (nSPS) is 14.4. The van der Waals surface area contributed by atoms with Gasteiger partial charge in [-0.15, -0.1) is 0 Å². The van der Waals surface area contributed by atoms with Gasteiger partial charge in [0.05, 0.1) is 12.1 Å². The smallest absolute Gasteiger partial charge is 0.410 e. The summed E-state index contributed by atoms with van der Waals surface area (Å²) < 4.78 is 5.48. The largest absolute Gasteiger partial charge is 0.445 e. The summed E-state index contributed by atoms with van der Waals surface area (Å²) in [5.41, 5.74) is 3.54. The summed E-state index contributed by atoms with van der Waals surface area (Å²) >= 11 is 0. The Balaban J connectivity index is 1.38. The molecule has 0 aliphatic carbocycles. The van der Waals surface area contributed by atoms with E-state index < -0.39 is 0 Å². The Morgan fingerprint density at radius 2 is 1.38 bits per heavy atom.